The van der Waals surface area contributed by atoms with Crippen molar-refractivity contribution in [3.05, 3.63) is 18.2 Å². The van der Waals surface area contributed by atoms with Crippen LogP contribution in [0.2, 0.25) is 0 Å². The van der Waals surface area contributed by atoms with E-state index < -0.39 is 11.6 Å². The van der Waals surface area contributed by atoms with Crippen molar-refractivity contribution in [3.8, 4) is 11.5 Å². The van der Waals surface area contributed by atoms with Crippen LogP contribution in [0.25, 0.3) is 0 Å². The number of hydrogen-bond acceptors (Lipinski definition) is 4. The van der Waals surface area contributed by atoms with Gasteiger partial charge in [0.2, 0.25) is 0 Å². The Balaban J connectivity index is 2.75. The van der Waals surface area contributed by atoms with Crippen molar-refractivity contribution in [2.75, 3.05) is 26.1 Å². The minimum absolute atomic E-state index is 0.146. The molecule has 0 fully saturated rings. The fourth-order valence-electron chi connectivity index (χ4n) is 1.42. The smallest absolute Gasteiger partial charge is 0.319 e. The molecule has 1 rings (SSSR count). The number of anilines is 1. The summed E-state index contributed by atoms with van der Waals surface area (Å²) < 4.78 is 10.3. The molecule has 0 radical (unpaired) electrons. The van der Waals surface area contributed by atoms with Crippen LogP contribution in [0.3, 0.4) is 0 Å². The third-order valence-electron chi connectivity index (χ3n) is 2.49. The van der Waals surface area contributed by atoms with E-state index in [0.29, 0.717) is 17.2 Å². The molecule has 2 amide bonds. The lowest BCUT2D eigenvalue weighted by atomic mass is 10.1. The van der Waals surface area contributed by atoms with Gasteiger partial charge in [-0.25, -0.2) is 4.79 Å². The molecular formula is C13H20N2O4. The number of aliphatic hydroxyl groups is 1. The molecule has 0 bridgehead atoms. The number of benzene rings is 1. The number of carbonyl (C=O) groups is 1. The number of aliphatic hydroxyl groups excluding tert-OH is 1. The second kappa shape index (κ2) is 6.29. The van der Waals surface area contributed by atoms with Crippen LogP contribution in [0.1, 0.15) is 13.8 Å². The van der Waals surface area contributed by atoms with Crippen molar-refractivity contribution in [2.45, 2.75) is 19.4 Å². The third kappa shape index (κ3) is 4.33. The fraction of sp³-hybridized carbons (Fsp3) is 0.462. The Morgan fingerprint density at radius 3 is 2.42 bits per heavy atom. The first kappa shape index (κ1) is 15.1. The normalized spacial score (nSPS) is 10.8. The lowest BCUT2D eigenvalue weighted by Gasteiger charge is -2.23. The Labute approximate surface area is 112 Å². The zero-order valence-electron chi connectivity index (χ0n) is 11.6. The highest BCUT2D eigenvalue weighted by molar-refractivity contribution is 5.90. The van der Waals surface area contributed by atoms with Crippen LogP contribution in [-0.4, -0.2) is 37.5 Å². The van der Waals surface area contributed by atoms with Crippen molar-refractivity contribution >= 4 is 11.7 Å². The molecular weight excluding hydrogens is 248 g/mol. The van der Waals surface area contributed by atoms with Gasteiger partial charge in [-0.3, -0.25) is 0 Å². The molecule has 6 nitrogen and oxygen atoms in total. The standard InChI is InChI=1S/C13H20N2O4/c1-13(2,8-16)15-12(17)14-9-5-6-10(18-3)11(7-9)19-4/h5-7,16H,8H2,1-4H3,(H2,14,15,17). The number of nitrogens with one attached hydrogen (secondary N) is 2. The van der Waals surface area contributed by atoms with Crippen molar-refractivity contribution < 1.29 is 19.4 Å². The Hall–Kier alpha value is -1.95. The van der Waals surface area contributed by atoms with E-state index in [2.05, 4.69) is 10.6 Å². The highest BCUT2D eigenvalue weighted by Crippen LogP contribution is 2.29. The highest BCUT2D eigenvalue weighted by Gasteiger charge is 2.19. The van der Waals surface area contributed by atoms with Gasteiger partial charge in [-0.2, -0.15) is 0 Å². The van der Waals surface area contributed by atoms with Crippen molar-refractivity contribution in [1.29, 1.82) is 0 Å². The molecule has 0 saturated heterocycles. The maximum absolute atomic E-state index is 11.7. The number of methoxy groups -OCH3 is 2. The number of carbonyl (C=O) groups excluding carboxylic acids is 1. The van der Waals surface area contributed by atoms with Gasteiger partial charge in [0, 0.05) is 11.8 Å². The van der Waals surface area contributed by atoms with Gasteiger partial charge in [-0.15, -0.1) is 0 Å². The third-order valence-corrected chi connectivity index (χ3v) is 2.49. The Morgan fingerprint density at radius 1 is 1.26 bits per heavy atom. The van der Waals surface area contributed by atoms with E-state index in [9.17, 15) is 4.79 Å². The van der Waals surface area contributed by atoms with Gasteiger partial charge in [-0.05, 0) is 26.0 Å². The molecule has 0 aliphatic heterocycles. The van der Waals surface area contributed by atoms with Gasteiger partial charge < -0.3 is 25.2 Å². The predicted octanol–water partition coefficient (Wildman–Crippen LogP) is 1.60. The molecule has 0 aromatic heterocycles. The summed E-state index contributed by atoms with van der Waals surface area (Å²) in [4.78, 5) is 11.7. The van der Waals surface area contributed by atoms with E-state index in [-0.39, 0.29) is 6.61 Å². The van der Waals surface area contributed by atoms with Crippen LogP contribution >= 0.6 is 0 Å². The van der Waals surface area contributed by atoms with Gasteiger partial charge in [0.1, 0.15) is 0 Å². The summed E-state index contributed by atoms with van der Waals surface area (Å²) in [5, 5.41) is 14.4. The molecule has 0 heterocycles. The van der Waals surface area contributed by atoms with Gasteiger partial charge in [0.15, 0.2) is 11.5 Å². The van der Waals surface area contributed by atoms with Crippen LogP contribution in [-0.2, 0) is 0 Å². The quantitative estimate of drug-likeness (QED) is 0.757. The molecule has 1 aromatic rings. The average Bonchev–Trinajstić information content (AvgIpc) is 2.37. The molecule has 106 valence electrons. The van der Waals surface area contributed by atoms with E-state index in [4.69, 9.17) is 14.6 Å². The van der Waals surface area contributed by atoms with Crippen LogP contribution in [0.5, 0.6) is 11.5 Å². The zero-order chi connectivity index (χ0) is 14.5. The first-order valence-electron chi connectivity index (χ1n) is 5.84. The van der Waals surface area contributed by atoms with Gasteiger partial charge >= 0.3 is 6.03 Å². The second-order valence-corrected chi connectivity index (χ2v) is 4.69. The van der Waals surface area contributed by atoms with Gasteiger partial charge in [0.25, 0.3) is 0 Å². The summed E-state index contributed by atoms with van der Waals surface area (Å²) in [5.41, 5.74) is -0.107. The molecule has 0 saturated carbocycles. The lowest BCUT2D eigenvalue weighted by molar-refractivity contribution is 0.187. The van der Waals surface area contributed by atoms with Crippen LogP contribution < -0.4 is 20.1 Å². The first-order chi connectivity index (χ1) is 8.91. The fourth-order valence-corrected chi connectivity index (χ4v) is 1.42. The molecule has 0 spiro atoms. The van der Waals surface area contributed by atoms with E-state index in [1.54, 1.807) is 39.2 Å². The second-order valence-electron chi connectivity index (χ2n) is 4.69. The van der Waals surface area contributed by atoms with Gasteiger partial charge in [0.05, 0.1) is 26.4 Å². The summed E-state index contributed by atoms with van der Waals surface area (Å²) in [7, 11) is 3.07. The van der Waals surface area contributed by atoms with E-state index in [1.807, 2.05) is 0 Å². The lowest BCUT2D eigenvalue weighted by Crippen LogP contribution is -2.48. The number of hydrogen-bond donors (Lipinski definition) is 3. The minimum atomic E-state index is -0.680. The molecule has 3 N–H and O–H groups in total. The van der Waals surface area contributed by atoms with Crippen LogP contribution in [0.4, 0.5) is 10.5 Å². The Kier molecular flexibility index (Phi) is 5.00. The molecule has 19 heavy (non-hydrogen) atoms. The first-order valence-corrected chi connectivity index (χ1v) is 5.84. The molecule has 0 aliphatic rings. The average molecular weight is 268 g/mol. The number of rotatable bonds is 5. The van der Waals surface area contributed by atoms with Crippen LogP contribution in [0, 0.1) is 0 Å². The minimum Gasteiger partial charge on any atom is -0.493 e. The van der Waals surface area contributed by atoms with Crippen LogP contribution in [0.15, 0.2) is 18.2 Å². The highest BCUT2D eigenvalue weighted by atomic mass is 16.5. The van der Waals surface area contributed by atoms with E-state index in [1.165, 1.54) is 7.11 Å². The molecule has 1 aromatic carbocycles. The van der Waals surface area contributed by atoms with Crippen molar-refractivity contribution in [1.82, 2.24) is 5.32 Å². The monoisotopic (exact) mass is 268 g/mol. The topological polar surface area (TPSA) is 79.8 Å². The number of urea groups is 1. The Bertz CT molecular complexity index is 446. The summed E-state index contributed by atoms with van der Waals surface area (Å²) in [6.45, 7) is 3.30. The van der Waals surface area contributed by atoms with Crippen molar-refractivity contribution in [2.24, 2.45) is 0 Å². The largest absolute Gasteiger partial charge is 0.493 e. The number of ether oxygens (including phenoxy) is 2. The molecule has 0 aliphatic carbocycles. The van der Waals surface area contributed by atoms with E-state index in [0.717, 1.165) is 0 Å². The van der Waals surface area contributed by atoms with Gasteiger partial charge in [-0.1, -0.05) is 0 Å². The molecule has 0 atom stereocenters. The maximum atomic E-state index is 11.7. The maximum Gasteiger partial charge on any atom is 0.319 e. The summed E-state index contributed by atoms with van der Waals surface area (Å²) in [6.07, 6.45) is 0. The van der Waals surface area contributed by atoms with E-state index >= 15 is 0 Å². The molecule has 6 heteroatoms. The zero-order valence-corrected chi connectivity index (χ0v) is 11.6. The molecule has 0 unspecified atom stereocenters. The summed E-state index contributed by atoms with van der Waals surface area (Å²) in [6, 6.07) is 4.66. The number of amides is 2. The SMILES string of the molecule is COc1ccc(NC(=O)NC(C)(C)CO)cc1OC. The summed E-state index contributed by atoms with van der Waals surface area (Å²) >= 11 is 0. The summed E-state index contributed by atoms with van der Waals surface area (Å²) in [5.74, 6) is 1.12. The van der Waals surface area contributed by atoms with Crippen molar-refractivity contribution in [3.63, 3.8) is 0 Å². The Morgan fingerprint density at radius 2 is 1.89 bits per heavy atom. The predicted molar refractivity (Wildman–Crippen MR) is 72.9 cm³/mol.